The Morgan fingerprint density at radius 1 is 1.17 bits per heavy atom. The highest BCUT2D eigenvalue weighted by Gasteiger charge is 2.45. The minimum Gasteiger partial charge on any atom is -0.369 e. The number of imide groups is 2. The van der Waals surface area contributed by atoms with E-state index in [9.17, 15) is 23.6 Å². The molecule has 1 aromatic rings. The van der Waals surface area contributed by atoms with Gasteiger partial charge in [0, 0.05) is 31.0 Å². The van der Waals surface area contributed by atoms with E-state index in [1.165, 1.54) is 6.07 Å². The average Bonchev–Trinajstić information content (AvgIpc) is 3.24. The second kappa shape index (κ2) is 7.17. The molecule has 0 bridgehead atoms. The van der Waals surface area contributed by atoms with Crippen LogP contribution in [-0.4, -0.2) is 54.2 Å². The maximum Gasteiger partial charge on any atom is 0.262 e. The SMILES string of the molecule is [N-]=[N+]=NCC1CCN(c2cc3c(cc2F)C(=O)N(C2CCC(=O)NC2=O)C3=O)C1. The highest BCUT2D eigenvalue weighted by molar-refractivity contribution is 6.23. The smallest absolute Gasteiger partial charge is 0.262 e. The molecule has 3 aliphatic rings. The van der Waals surface area contributed by atoms with Gasteiger partial charge in [-0.2, -0.15) is 0 Å². The van der Waals surface area contributed by atoms with E-state index in [0.717, 1.165) is 11.0 Å². The van der Waals surface area contributed by atoms with Gasteiger partial charge >= 0.3 is 0 Å². The summed E-state index contributed by atoms with van der Waals surface area (Å²) in [7, 11) is 0. The zero-order chi connectivity index (χ0) is 20.7. The molecule has 1 N–H and O–H groups in total. The first kappa shape index (κ1) is 18.9. The first-order valence-electron chi connectivity index (χ1n) is 9.21. The summed E-state index contributed by atoms with van der Waals surface area (Å²) in [4.78, 5) is 54.3. The average molecular weight is 400 g/mol. The van der Waals surface area contributed by atoms with Crippen LogP contribution in [0.2, 0.25) is 0 Å². The Morgan fingerprint density at radius 3 is 2.59 bits per heavy atom. The summed E-state index contributed by atoms with van der Waals surface area (Å²) in [6.07, 6.45) is 0.771. The van der Waals surface area contributed by atoms with Crippen molar-refractivity contribution in [2.75, 3.05) is 24.5 Å². The van der Waals surface area contributed by atoms with E-state index >= 15 is 0 Å². The normalized spacial score (nSPS) is 23.9. The topological polar surface area (TPSA) is 136 Å². The third-order valence-electron chi connectivity index (χ3n) is 5.54. The summed E-state index contributed by atoms with van der Waals surface area (Å²) in [6.45, 7) is 1.30. The van der Waals surface area contributed by atoms with E-state index in [1.807, 2.05) is 0 Å². The van der Waals surface area contributed by atoms with Crippen molar-refractivity contribution < 1.29 is 23.6 Å². The highest BCUT2D eigenvalue weighted by Crippen LogP contribution is 2.34. The molecular formula is C18H17FN6O4. The monoisotopic (exact) mass is 400 g/mol. The van der Waals surface area contributed by atoms with E-state index in [0.29, 0.717) is 26.1 Å². The number of carbonyl (C=O) groups is 4. The van der Waals surface area contributed by atoms with Crippen molar-refractivity contribution >= 4 is 29.3 Å². The van der Waals surface area contributed by atoms with Crippen molar-refractivity contribution in [1.29, 1.82) is 0 Å². The molecule has 10 nitrogen and oxygen atoms in total. The number of hydrogen-bond donors (Lipinski definition) is 1. The second-order valence-electron chi connectivity index (χ2n) is 7.31. The van der Waals surface area contributed by atoms with E-state index in [-0.39, 0.29) is 35.6 Å². The molecule has 2 fully saturated rings. The number of benzene rings is 1. The number of fused-ring (bicyclic) bond motifs is 1. The van der Waals surface area contributed by atoms with E-state index in [4.69, 9.17) is 5.53 Å². The Morgan fingerprint density at radius 2 is 1.90 bits per heavy atom. The molecule has 0 spiro atoms. The molecule has 0 saturated carbocycles. The van der Waals surface area contributed by atoms with Crippen LogP contribution >= 0.6 is 0 Å². The highest BCUT2D eigenvalue weighted by atomic mass is 19.1. The minimum atomic E-state index is -1.09. The molecule has 1 aromatic carbocycles. The largest absolute Gasteiger partial charge is 0.369 e. The fraction of sp³-hybridized carbons (Fsp3) is 0.444. The first-order valence-corrected chi connectivity index (χ1v) is 9.21. The number of piperidine rings is 1. The van der Waals surface area contributed by atoms with Crippen LogP contribution in [0.25, 0.3) is 10.4 Å². The van der Waals surface area contributed by atoms with Gasteiger partial charge in [0.25, 0.3) is 11.8 Å². The summed E-state index contributed by atoms with van der Waals surface area (Å²) in [6, 6.07) is 1.27. The van der Waals surface area contributed by atoms with Crippen molar-refractivity contribution in [3.05, 3.63) is 39.5 Å². The van der Waals surface area contributed by atoms with E-state index < -0.39 is 35.5 Å². The summed E-state index contributed by atoms with van der Waals surface area (Å²) in [5.74, 6) is -3.15. The third kappa shape index (κ3) is 3.19. The van der Waals surface area contributed by atoms with Crippen LogP contribution in [0.5, 0.6) is 0 Å². The van der Waals surface area contributed by atoms with Crippen LogP contribution < -0.4 is 10.2 Å². The van der Waals surface area contributed by atoms with Crippen LogP contribution in [-0.2, 0) is 9.59 Å². The van der Waals surface area contributed by atoms with Gasteiger partial charge in [-0.05, 0) is 36.4 Å². The molecule has 11 heteroatoms. The van der Waals surface area contributed by atoms with Gasteiger partial charge in [-0.1, -0.05) is 5.11 Å². The maximum atomic E-state index is 14.7. The summed E-state index contributed by atoms with van der Waals surface area (Å²) < 4.78 is 14.7. The van der Waals surface area contributed by atoms with Crippen LogP contribution in [0.4, 0.5) is 10.1 Å². The molecule has 3 heterocycles. The molecule has 2 saturated heterocycles. The summed E-state index contributed by atoms with van der Waals surface area (Å²) >= 11 is 0. The van der Waals surface area contributed by atoms with Gasteiger partial charge in [0.1, 0.15) is 11.9 Å². The minimum absolute atomic E-state index is 0.0176. The molecule has 2 atom stereocenters. The molecule has 29 heavy (non-hydrogen) atoms. The number of rotatable bonds is 4. The van der Waals surface area contributed by atoms with Crippen molar-refractivity contribution in [1.82, 2.24) is 10.2 Å². The molecule has 0 aromatic heterocycles. The third-order valence-corrected chi connectivity index (χ3v) is 5.54. The lowest BCUT2D eigenvalue weighted by Gasteiger charge is -2.27. The fourth-order valence-electron chi connectivity index (χ4n) is 4.07. The number of carbonyl (C=O) groups excluding carboxylic acids is 4. The molecule has 4 amide bonds. The van der Waals surface area contributed by atoms with Crippen LogP contribution in [0.1, 0.15) is 40.0 Å². The van der Waals surface area contributed by atoms with Gasteiger partial charge in [0.15, 0.2) is 0 Å². The molecule has 0 aliphatic carbocycles. The lowest BCUT2D eigenvalue weighted by atomic mass is 10.0. The number of halogens is 1. The quantitative estimate of drug-likeness (QED) is 0.352. The molecule has 2 unspecified atom stereocenters. The molecule has 3 aliphatic heterocycles. The number of azide groups is 1. The Hall–Kier alpha value is -3.46. The Labute approximate surface area is 164 Å². The molecule has 150 valence electrons. The lowest BCUT2D eigenvalue weighted by Crippen LogP contribution is -2.54. The molecular weight excluding hydrogens is 383 g/mol. The van der Waals surface area contributed by atoms with E-state index in [2.05, 4.69) is 15.3 Å². The summed E-state index contributed by atoms with van der Waals surface area (Å²) in [5, 5.41) is 5.67. The van der Waals surface area contributed by atoms with Crippen LogP contribution in [0.15, 0.2) is 17.2 Å². The Bertz CT molecular complexity index is 989. The van der Waals surface area contributed by atoms with Gasteiger partial charge in [-0.15, -0.1) is 0 Å². The van der Waals surface area contributed by atoms with Gasteiger partial charge in [0.2, 0.25) is 11.8 Å². The van der Waals surface area contributed by atoms with Crippen LogP contribution in [0, 0.1) is 11.7 Å². The number of nitrogens with one attached hydrogen (secondary N) is 1. The first-order chi connectivity index (χ1) is 13.9. The van der Waals surface area contributed by atoms with Crippen molar-refractivity contribution in [2.24, 2.45) is 11.0 Å². The number of hydrogen-bond acceptors (Lipinski definition) is 6. The van der Waals surface area contributed by atoms with E-state index in [1.54, 1.807) is 4.90 Å². The lowest BCUT2D eigenvalue weighted by molar-refractivity contribution is -0.136. The van der Waals surface area contributed by atoms with Crippen LogP contribution in [0.3, 0.4) is 0 Å². The zero-order valence-electron chi connectivity index (χ0n) is 15.3. The second-order valence-corrected chi connectivity index (χ2v) is 7.31. The van der Waals surface area contributed by atoms with Gasteiger partial charge < -0.3 is 4.90 Å². The summed E-state index contributed by atoms with van der Waals surface area (Å²) in [5.41, 5.74) is 8.58. The molecule has 4 rings (SSSR count). The zero-order valence-corrected chi connectivity index (χ0v) is 15.3. The standard InChI is InChI=1S/C18H17FN6O4/c19-12-5-10-11(6-14(12)24-4-3-9(8-24)7-21-23-20)18(29)25(17(10)28)13-1-2-15(26)22-16(13)27/h5-6,9,13H,1-4,7-8H2,(H,22,26,27). The number of amides is 4. The van der Waals surface area contributed by atoms with Gasteiger partial charge in [-0.3, -0.25) is 29.4 Å². The van der Waals surface area contributed by atoms with Crippen molar-refractivity contribution in [3.63, 3.8) is 0 Å². The number of nitrogens with zero attached hydrogens (tertiary/aromatic N) is 5. The van der Waals surface area contributed by atoms with Gasteiger partial charge in [0.05, 0.1) is 16.8 Å². The Kier molecular flexibility index (Phi) is 4.67. The van der Waals surface area contributed by atoms with Crippen molar-refractivity contribution in [2.45, 2.75) is 25.3 Å². The Balaban J connectivity index is 1.61. The number of anilines is 1. The maximum absolute atomic E-state index is 14.7. The van der Waals surface area contributed by atoms with Crippen molar-refractivity contribution in [3.8, 4) is 0 Å². The molecule has 0 radical (unpaired) electrons. The van der Waals surface area contributed by atoms with Gasteiger partial charge in [-0.25, -0.2) is 4.39 Å². The fourth-order valence-corrected chi connectivity index (χ4v) is 4.07. The predicted molar refractivity (Wildman–Crippen MR) is 97.4 cm³/mol. The predicted octanol–water partition coefficient (Wildman–Crippen LogP) is 1.36.